The third-order valence-corrected chi connectivity index (χ3v) is 5.15. The number of anilines is 2. The van der Waals surface area contributed by atoms with E-state index in [1.54, 1.807) is 54.6 Å². The van der Waals surface area contributed by atoms with E-state index >= 15 is 0 Å². The Hall–Kier alpha value is -4.99. The number of hydrogen-bond donors (Lipinski definition) is 2. The number of hydrogen-bond acceptors (Lipinski definition) is 6. The Kier molecular flexibility index (Phi) is 7.35. The van der Waals surface area contributed by atoms with Crippen molar-refractivity contribution in [2.75, 3.05) is 24.9 Å². The maximum atomic E-state index is 14.8. The van der Waals surface area contributed by atoms with Gasteiger partial charge in [0.2, 0.25) is 0 Å². The van der Waals surface area contributed by atoms with E-state index in [0.717, 1.165) is 0 Å². The third kappa shape index (κ3) is 5.39. The number of nitrogens with one attached hydrogen (secondary N) is 2. The van der Waals surface area contributed by atoms with Crippen LogP contribution in [0.3, 0.4) is 0 Å². The quantitative estimate of drug-likeness (QED) is 0.220. The highest BCUT2D eigenvalue weighted by Crippen LogP contribution is 2.26. The minimum atomic E-state index is -0.715. The van der Waals surface area contributed by atoms with Crippen molar-refractivity contribution < 1.29 is 23.5 Å². The number of benzene rings is 3. The molecule has 0 atom stereocenters. The highest BCUT2D eigenvalue weighted by Gasteiger charge is 2.21. The summed E-state index contributed by atoms with van der Waals surface area (Å²) >= 11 is 0. The highest BCUT2D eigenvalue weighted by molar-refractivity contribution is 6.29. The van der Waals surface area contributed by atoms with Crippen LogP contribution in [0.15, 0.2) is 85.0 Å². The number of rotatable bonds is 8. The fraction of sp³-hybridized carbons (Fsp3) is 0.0769. The van der Waals surface area contributed by atoms with Crippen LogP contribution in [0.25, 0.3) is 11.8 Å². The van der Waals surface area contributed by atoms with E-state index in [0.29, 0.717) is 22.9 Å². The molecular formula is C26H22FN5O4. The summed E-state index contributed by atoms with van der Waals surface area (Å²) in [5.41, 5.74) is 0.932. The van der Waals surface area contributed by atoms with Crippen molar-refractivity contribution >= 4 is 29.3 Å². The summed E-state index contributed by atoms with van der Waals surface area (Å²) in [6, 6.07) is 17.8. The van der Waals surface area contributed by atoms with E-state index in [1.165, 1.54) is 49.8 Å². The molecule has 4 rings (SSSR count). The number of methoxy groups -OCH3 is 2. The minimum absolute atomic E-state index is 0.170. The van der Waals surface area contributed by atoms with Crippen LogP contribution in [0, 0.1) is 5.82 Å². The number of halogens is 1. The molecule has 0 unspecified atom stereocenters. The second kappa shape index (κ2) is 11.0. The van der Waals surface area contributed by atoms with Gasteiger partial charge in [0.05, 0.1) is 25.6 Å². The van der Waals surface area contributed by atoms with E-state index in [9.17, 15) is 14.0 Å². The number of carbonyl (C=O) groups excluding carboxylic acids is 2. The van der Waals surface area contributed by atoms with Crippen molar-refractivity contribution in [2.24, 2.45) is 0 Å². The number of nitrogens with zero attached hydrogens (tertiary/aromatic N) is 3. The lowest BCUT2D eigenvalue weighted by molar-refractivity contribution is -0.118. The Balaban J connectivity index is 1.70. The minimum Gasteiger partial charge on any atom is -0.495 e. The lowest BCUT2D eigenvalue weighted by atomic mass is 10.1. The van der Waals surface area contributed by atoms with Gasteiger partial charge >= 0.3 is 0 Å². The summed E-state index contributed by atoms with van der Waals surface area (Å²) in [6.45, 7) is 0. The van der Waals surface area contributed by atoms with Crippen molar-refractivity contribution in [1.29, 1.82) is 0 Å². The van der Waals surface area contributed by atoms with E-state index in [4.69, 9.17) is 9.47 Å². The fourth-order valence-electron chi connectivity index (χ4n) is 3.41. The van der Waals surface area contributed by atoms with Gasteiger partial charge in [-0.2, -0.15) is 5.10 Å². The average Bonchev–Trinajstić information content (AvgIpc) is 3.42. The molecule has 36 heavy (non-hydrogen) atoms. The van der Waals surface area contributed by atoms with Crippen LogP contribution in [0.4, 0.5) is 15.8 Å². The van der Waals surface area contributed by atoms with E-state index < -0.39 is 17.6 Å². The zero-order valence-electron chi connectivity index (χ0n) is 19.4. The van der Waals surface area contributed by atoms with Gasteiger partial charge < -0.3 is 20.1 Å². The zero-order chi connectivity index (χ0) is 25.5. The van der Waals surface area contributed by atoms with Crippen molar-refractivity contribution in [3.63, 3.8) is 0 Å². The Labute approximate surface area is 206 Å². The molecular weight excluding hydrogens is 465 g/mol. The summed E-state index contributed by atoms with van der Waals surface area (Å²) < 4.78 is 26.6. The van der Waals surface area contributed by atoms with E-state index in [-0.39, 0.29) is 16.8 Å². The molecule has 0 fully saturated rings. The van der Waals surface area contributed by atoms with Gasteiger partial charge in [0.25, 0.3) is 11.8 Å². The second-order valence-corrected chi connectivity index (χ2v) is 7.42. The van der Waals surface area contributed by atoms with Crippen LogP contribution in [-0.4, -0.2) is 40.8 Å². The monoisotopic (exact) mass is 487 g/mol. The number of para-hydroxylation sites is 4. The maximum Gasteiger partial charge on any atom is 0.261 e. The average molecular weight is 487 g/mol. The summed E-state index contributed by atoms with van der Waals surface area (Å²) in [7, 11) is 2.94. The molecule has 1 heterocycles. The van der Waals surface area contributed by atoms with Crippen LogP contribution in [-0.2, 0) is 9.59 Å². The molecule has 4 aromatic rings. The van der Waals surface area contributed by atoms with Crippen LogP contribution in [0.5, 0.6) is 11.5 Å². The zero-order valence-corrected chi connectivity index (χ0v) is 19.4. The molecule has 0 radical (unpaired) electrons. The highest BCUT2D eigenvalue weighted by atomic mass is 19.1. The summed E-state index contributed by atoms with van der Waals surface area (Å²) in [5.74, 6) is -1.21. The van der Waals surface area contributed by atoms with Gasteiger partial charge in [-0.15, -0.1) is 0 Å². The Morgan fingerprint density at radius 3 is 1.97 bits per heavy atom. The van der Waals surface area contributed by atoms with Crippen LogP contribution < -0.4 is 20.1 Å². The first-order valence-corrected chi connectivity index (χ1v) is 10.7. The van der Waals surface area contributed by atoms with Gasteiger partial charge in [0, 0.05) is 0 Å². The first kappa shape index (κ1) is 24.1. The standard InChI is InChI=1S/C26H22FN5O4/c1-35-23-9-5-3-7-20(23)30-25(33)18(26(34)31-21-8-4-6-10-24(21)36-2)13-17-11-12-22(19(27)14-17)32-16-28-15-29-32/h3-16H,1-2H3,(H,30,33)(H,31,34). The second-order valence-electron chi connectivity index (χ2n) is 7.42. The molecule has 0 spiro atoms. The van der Waals surface area contributed by atoms with Crippen LogP contribution in [0.1, 0.15) is 5.56 Å². The molecule has 0 aliphatic carbocycles. The number of amides is 2. The van der Waals surface area contributed by atoms with Gasteiger partial charge in [-0.25, -0.2) is 14.1 Å². The molecule has 2 amide bonds. The van der Waals surface area contributed by atoms with Gasteiger partial charge in [0.1, 0.15) is 41.2 Å². The lowest BCUT2D eigenvalue weighted by Crippen LogP contribution is -2.25. The summed E-state index contributed by atoms with van der Waals surface area (Å²) in [6.07, 6.45) is 3.94. The molecule has 3 aromatic carbocycles. The first-order valence-electron chi connectivity index (χ1n) is 10.7. The van der Waals surface area contributed by atoms with E-state index in [1.807, 2.05) is 0 Å². The van der Waals surface area contributed by atoms with Gasteiger partial charge in [-0.3, -0.25) is 9.59 Å². The van der Waals surface area contributed by atoms with Crippen molar-refractivity contribution in [1.82, 2.24) is 14.8 Å². The molecule has 9 nitrogen and oxygen atoms in total. The predicted octanol–water partition coefficient (Wildman–Crippen LogP) is 4.08. The molecule has 10 heteroatoms. The molecule has 0 saturated heterocycles. The molecule has 0 aliphatic heterocycles. The SMILES string of the molecule is COc1ccccc1NC(=O)C(=Cc1ccc(-n2cncn2)c(F)c1)C(=O)Nc1ccccc1OC. The van der Waals surface area contributed by atoms with Crippen molar-refractivity contribution in [3.05, 3.63) is 96.3 Å². The molecule has 0 aliphatic rings. The number of carbonyl (C=O) groups is 2. The molecule has 0 saturated carbocycles. The van der Waals surface area contributed by atoms with Gasteiger partial charge in [0.15, 0.2) is 0 Å². The Morgan fingerprint density at radius 2 is 1.47 bits per heavy atom. The van der Waals surface area contributed by atoms with E-state index in [2.05, 4.69) is 20.7 Å². The van der Waals surface area contributed by atoms with Crippen LogP contribution in [0.2, 0.25) is 0 Å². The fourth-order valence-corrected chi connectivity index (χ4v) is 3.41. The largest absolute Gasteiger partial charge is 0.495 e. The molecule has 2 N–H and O–H groups in total. The Morgan fingerprint density at radius 1 is 0.889 bits per heavy atom. The summed E-state index contributed by atoms with van der Waals surface area (Å²) in [5, 5.41) is 9.29. The normalized spacial score (nSPS) is 10.3. The predicted molar refractivity (Wildman–Crippen MR) is 133 cm³/mol. The molecule has 1 aromatic heterocycles. The molecule has 182 valence electrons. The van der Waals surface area contributed by atoms with Crippen molar-refractivity contribution in [3.8, 4) is 17.2 Å². The first-order chi connectivity index (χ1) is 17.5. The topological polar surface area (TPSA) is 107 Å². The van der Waals surface area contributed by atoms with Gasteiger partial charge in [-0.1, -0.05) is 30.3 Å². The number of aromatic nitrogens is 3. The smallest absolute Gasteiger partial charge is 0.261 e. The van der Waals surface area contributed by atoms with Crippen molar-refractivity contribution in [2.45, 2.75) is 0 Å². The number of ether oxygens (including phenoxy) is 2. The molecule has 0 bridgehead atoms. The third-order valence-electron chi connectivity index (χ3n) is 5.15. The summed E-state index contributed by atoms with van der Waals surface area (Å²) in [4.78, 5) is 30.3. The van der Waals surface area contributed by atoms with Crippen LogP contribution >= 0.6 is 0 Å². The maximum absolute atomic E-state index is 14.8. The lowest BCUT2D eigenvalue weighted by Gasteiger charge is -2.14. The van der Waals surface area contributed by atoms with Gasteiger partial charge in [-0.05, 0) is 48.0 Å². The Bertz CT molecular complexity index is 1360.